The van der Waals surface area contributed by atoms with Crippen molar-refractivity contribution in [2.45, 2.75) is 11.8 Å². The van der Waals surface area contributed by atoms with Crippen LogP contribution in [-0.2, 0) is 10.0 Å². The Hall–Kier alpha value is -3.83. The molecule has 2 aromatic carbocycles. The summed E-state index contributed by atoms with van der Waals surface area (Å²) in [6.07, 6.45) is 1.35. The topological polar surface area (TPSA) is 106 Å². The van der Waals surface area contributed by atoms with Crippen LogP contribution in [0, 0.1) is 18.8 Å². The van der Waals surface area contributed by atoms with Crippen molar-refractivity contribution in [3.63, 3.8) is 0 Å². The van der Waals surface area contributed by atoms with Gasteiger partial charge in [0.1, 0.15) is 11.4 Å². The number of carboxylic acids is 1. The molecule has 0 saturated heterocycles. The Bertz CT molecular complexity index is 1260. The van der Waals surface area contributed by atoms with Crippen molar-refractivity contribution in [1.82, 2.24) is 4.98 Å². The maximum Gasteiger partial charge on any atom is 0.354 e. The molecule has 0 aliphatic carbocycles. The summed E-state index contributed by atoms with van der Waals surface area (Å²) in [5.74, 6) is 5.21. The van der Waals surface area contributed by atoms with Crippen LogP contribution in [0.1, 0.15) is 27.2 Å². The molecule has 0 bridgehead atoms. The summed E-state index contributed by atoms with van der Waals surface area (Å²) in [6.45, 7) is 1.69. The fourth-order valence-electron chi connectivity index (χ4n) is 2.67. The molecule has 8 heteroatoms. The molecule has 3 aromatic rings. The third-order valence-electron chi connectivity index (χ3n) is 4.17. The highest BCUT2D eigenvalue weighted by Crippen LogP contribution is 2.24. The average Bonchev–Trinajstić information content (AvgIpc) is 2.72. The molecule has 7 nitrogen and oxygen atoms in total. The lowest BCUT2D eigenvalue weighted by molar-refractivity contribution is 0.0690. The number of ether oxygens (including phenoxy) is 1. The molecule has 0 amide bonds. The van der Waals surface area contributed by atoms with Crippen molar-refractivity contribution in [3.05, 3.63) is 83.2 Å². The van der Waals surface area contributed by atoms with Crippen LogP contribution in [0.3, 0.4) is 0 Å². The van der Waals surface area contributed by atoms with E-state index in [2.05, 4.69) is 21.5 Å². The van der Waals surface area contributed by atoms with Crippen molar-refractivity contribution in [1.29, 1.82) is 0 Å². The lowest BCUT2D eigenvalue weighted by Gasteiger charge is -2.12. The lowest BCUT2D eigenvalue weighted by atomic mass is 10.1. The molecule has 0 unspecified atom stereocenters. The van der Waals surface area contributed by atoms with Gasteiger partial charge in [-0.1, -0.05) is 24.0 Å². The minimum atomic E-state index is -3.84. The third kappa shape index (κ3) is 4.77. The molecular formula is C22H18N2O5S. The molecule has 0 fully saturated rings. The second kappa shape index (κ2) is 8.68. The normalized spacial score (nSPS) is 10.6. The standard InChI is InChI=1S/C22H18N2O5S/c1-15-13-18(29-2)10-12-21(15)30(27,28)24-19-6-4-3-5-17(19)9-7-16-8-11-20(22(25)26)23-14-16/h3-6,8,10-14,24H,1-2H3,(H,25,26). The first-order valence-electron chi connectivity index (χ1n) is 8.78. The SMILES string of the molecule is COc1ccc(S(=O)(=O)Nc2ccccc2C#Cc2ccc(C(=O)O)nc2)c(C)c1. The lowest BCUT2D eigenvalue weighted by Crippen LogP contribution is -2.15. The Morgan fingerprint density at radius 3 is 2.50 bits per heavy atom. The number of hydrogen-bond acceptors (Lipinski definition) is 5. The van der Waals surface area contributed by atoms with Crippen molar-refractivity contribution in [2.75, 3.05) is 11.8 Å². The summed E-state index contributed by atoms with van der Waals surface area (Å²) in [4.78, 5) is 14.8. The van der Waals surface area contributed by atoms with Crippen LogP contribution in [0.5, 0.6) is 5.75 Å². The molecule has 1 heterocycles. The number of anilines is 1. The Balaban J connectivity index is 1.90. The van der Waals surface area contributed by atoms with E-state index in [0.29, 0.717) is 28.1 Å². The van der Waals surface area contributed by atoms with E-state index in [1.54, 1.807) is 43.3 Å². The van der Waals surface area contributed by atoms with E-state index >= 15 is 0 Å². The highest BCUT2D eigenvalue weighted by atomic mass is 32.2. The molecule has 152 valence electrons. The van der Waals surface area contributed by atoms with Gasteiger partial charge in [-0.2, -0.15) is 0 Å². The van der Waals surface area contributed by atoms with E-state index in [1.165, 1.54) is 31.5 Å². The van der Waals surface area contributed by atoms with Gasteiger partial charge in [0.2, 0.25) is 0 Å². The third-order valence-corrected chi connectivity index (χ3v) is 5.69. The van der Waals surface area contributed by atoms with Crippen molar-refractivity contribution >= 4 is 21.7 Å². The molecular weight excluding hydrogens is 404 g/mol. The quantitative estimate of drug-likeness (QED) is 0.611. The number of benzene rings is 2. The number of carbonyl (C=O) groups is 1. The molecule has 0 radical (unpaired) electrons. The summed E-state index contributed by atoms with van der Waals surface area (Å²) in [7, 11) is -2.33. The van der Waals surface area contributed by atoms with E-state index in [0.717, 1.165) is 0 Å². The average molecular weight is 422 g/mol. The number of rotatable bonds is 5. The first-order valence-corrected chi connectivity index (χ1v) is 10.3. The zero-order valence-electron chi connectivity index (χ0n) is 16.2. The van der Waals surface area contributed by atoms with Gasteiger partial charge in [-0.15, -0.1) is 0 Å². The van der Waals surface area contributed by atoms with Crippen LogP contribution in [0.25, 0.3) is 0 Å². The highest BCUT2D eigenvalue weighted by Gasteiger charge is 2.18. The second-order valence-corrected chi connectivity index (χ2v) is 7.92. The number of methoxy groups -OCH3 is 1. The number of pyridine rings is 1. The number of sulfonamides is 1. The van der Waals surface area contributed by atoms with Crippen molar-refractivity contribution < 1.29 is 23.1 Å². The molecule has 0 aliphatic rings. The van der Waals surface area contributed by atoms with Crippen LogP contribution >= 0.6 is 0 Å². The van der Waals surface area contributed by atoms with E-state index in [9.17, 15) is 13.2 Å². The van der Waals surface area contributed by atoms with Crippen molar-refractivity contribution in [2.24, 2.45) is 0 Å². The van der Waals surface area contributed by atoms with Crippen molar-refractivity contribution in [3.8, 4) is 17.6 Å². The summed E-state index contributed by atoms with van der Waals surface area (Å²) in [6, 6.07) is 14.4. The molecule has 1 aromatic heterocycles. The monoisotopic (exact) mass is 422 g/mol. The Kier molecular flexibility index (Phi) is 6.04. The summed E-state index contributed by atoms with van der Waals surface area (Å²) in [5, 5.41) is 8.90. The van der Waals surface area contributed by atoms with Gasteiger partial charge in [-0.05, 0) is 55.0 Å². The van der Waals surface area contributed by atoms with Gasteiger partial charge in [0.25, 0.3) is 10.0 Å². The van der Waals surface area contributed by atoms with Crippen LogP contribution < -0.4 is 9.46 Å². The summed E-state index contributed by atoms with van der Waals surface area (Å²) in [5.41, 5.74) is 1.77. The van der Waals surface area contributed by atoms with Gasteiger partial charge in [0, 0.05) is 17.3 Å². The van der Waals surface area contributed by atoms with Gasteiger partial charge >= 0.3 is 5.97 Å². The largest absolute Gasteiger partial charge is 0.497 e. The van der Waals surface area contributed by atoms with Crippen LogP contribution in [0.15, 0.2) is 65.7 Å². The predicted octanol–water partition coefficient (Wildman–Crippen LogP) is 3.30. The van der Waals surface area contributed by atoms with Gasteiger partial charge < -0.3 is 9.84 Å². The smallest absolute Gasteiger partial charge is 0.354 e. The van der Waals surface area contributed by atoms with E-state index in [-0.39, 0.29) is 10.6 Å². The molecule has 2 N–H and O–H groups in total. The van der Waals surface area contributed by atoms with E-state index < -0.39 is 16.0 Å². The number of aromatic nitrogens is 1. The van der Waals surface area contributed by atoms with Gasteiger partial charge in [-0.3, -0.25) is 4.72 Å². The number of carboxylic acid groups (broad SMARTS) is 1. The van der Waals surface area contributed by atoms with Gasteiger partial charge in [-0.25, -0.2) is 18.2 Å². The zero-order valence-corrected chi connectivity index (χ0v) is 17.0. The first kappa shape index (κ1) is 20.9. The van der Waals surface area contributed by atoms with Crippen LogP contribution in [0.4, 0.5) is 5.69 Å². The highest BCUT2D eigenvalue weighted by molar-refractivity contribution is 7.92. The predicted molar refractivity (Wildman–Crippen MR) is 112 cm³/mol. The Morgan fingerprint density at radius 1 is 1.10 bits per heavy atom. The van der Waals surface area contributed by atoms with Crippen LogP contribution in [-0.4, -0.2) is 31.6 Å². The Labute approximate surface area is 174 Å². The maximum absolute atomic E-state index is 12.9. The summed E-state index contributed by atoms with van der Waals surface area (Å²) >= 11 is 0. The molecule has 0 saturated carbocycles. The molecule has 30 heavy (non-hydrogen) atoms. The molecule has 0 aliphatic heterocycles. The van der Waals surface area contributed by atoms with Gasteiger partial charge in [0.15, 0.2) is 0 Å². The summed E-state index contributed by atoms with van der Waals surface area (Å²) < 4.78 is 33.5. The first-order chi connectivity index (χ1) is 14.3. The number of aromatic carboxylic acids is 1. The number of para-hydroxylation sites is 1. The fraction of sp³-hybridized carbons (Fsp3) is 0.0909. The number of hydrogen-bond donors (Lipinski definition) is 2. The number of nitrogens with one attached hydrogen (secondary N) is 1. The van der Waals surface area contributed by atoms with E-state index in [4.69, 9.17) is 9.84 Å². The molecule has 0 atom stereocenters. The minimum absolute atomic E-state index is 0.0800. The number of nitrogens with zero attached hydrogens (tertiary/aromatic N) is 1. The van der Waals surface area contributed by atoms with Gasteiger partial charge in [0.05, 0.1) is 17.7 Å². The molecule has 3 rings (SSSR count). The second-order valence-electron chi connectivity index (χ2n) is 6.27. The van der Waals surface area contributed by atoms with Crippen LogP contribution in [0.2, 0.25) is 0 Å². The maximum atomic E-state index is 12.9. The molecule has 0 spiro atoms. The Morgan fingerprint density at radius 2 is 1.87 bits per heavy atom. The number of aryl methyl sites for hydroxylation is 1. The zero-order chi connectivity index (χ0) is 21.7. The van der Waals surface area contributed by atoms with E-state index in [1.807, 2.05) is 0 Å². The fourth-order valence-corrected chi connectivity index (χ4v) is 3.97. The minimum Gasteiger partial charge on any atom is -0.497 e.